The van der Waals surface area contributed by atoms with Gasteiger partial charge in [-0.05, 0) is 29.5 Å². The summed E-state index contributed by atoms with van der Waals surface area (Å²) >= 11 is 0. The van der Waals surface area contributed by atoms with Crippen LogP contribution in [-0.4, -0.2) is 20.7 Å². The molecule has 0 bridgehead atoms. The van der Waals surface area contributed by atoms with Crippen LogP contribution in [0.15, 0.2) is 78.6 Å². The van der Waals surface area contributed by atoms with E-state index >= 15 is 0 Å². The first kappa shape index (κ1) is 22.5. The molecule has 1 heterocycles. The van der Waals surface area contributed by atoms with Gasteiger partial charge in [0.2, 0.25) is 0 Å². The molecule has 0 atom stereocenters. The molecule has 4 heteroatoms. The number of allylic oxidation sites excluding steroid dienone is 2. The van der Waals surface area contributed by atoms with Crippen molar-refractivity contribution in [3.05, 3.63) is 90.2 Å². The maximum atomic E-state index is 8.40. The summed E-state index contributed by atoms with van der Waals surface area (Å²) in [5, 5.41) is 12.1. The Bertz CT molecular complexity index is 1160. The van der Waals surface area contributed by atoms with Crippen LogP contribution in [0.1, 0.15) is 19.4 Å². The van der Waals surface area contributed by atoms with Gasteiger partial charge >= 0.3 is 5.78 Å². The van der Waals surface area contributed by atoms with E-state index in [2.05, 4.69) is 73.7 Å². The third-order valence-electron chi connectivity index (χ3n) is 4.26. The Balaban J connectivity index is 0.000000327. The Morgan fingerprint density at radius 2 is 1.72 bits per heavy atom. The molecule has 29 heavy (non-hydrogen) atoms. The zero-order valence-electron chi connectivity index (χ0n) is 16.6. The molecule has 2 N–H and O–H groups in total. The van der Waals surface area contributed by atoms with Crippen molar-refractivity contribution in [3.63, 3.8) is 0 Å². The van der Waals surface area contributed by atoms with Gasteiger partial charge in [0.1, 0.15) is 0 Å². The number of aliphatic hydroxyl groups is 1. The number of aliphatic hydroxyl groups excluding tert-OH is 1. The van der Waals surface area contributed by atoms with Gasteiger partial charge in [0, 0.05) is 25.5 Å². The Kier molecular flexibility index (Phi) is 7.83. The molecule has 0 saturated heterocycles. The van der Waals surface area contributed by atoms with Crippen molar-refractivity contribution in [2.75, 3.05) is 0 Å². The zero-order chi connectivity index (χ0) is 20.1. The van der Waals surface area contributed by atoms with Gasteiger partial charge in [-0.1, -0.05) is 49.4 Å². The Morgan fingerprint density at radius 3 is 2.34 bits per heavy atom. The monoisotopic (exact) mass is 562 g/mol. The van der Waals surface area contributed by atoms with E-state index in [1.54, 1.807) is 0 Å². The van der Waals surface area contributed by atoms with E-state index in [9.17, 15) is 0 Å². The number of ketones is 1. The third kappa shape index (κ3) is 5.83. The normalized spacial score (nSPS) is 10.8. The van der Waals surface area contributed by atoms with Crippen molar-refractivity contribution in [2.45, 2.75) is 20.8 Å². The predicted octanol–water partition coefficient (Wildman–Crippen LogP) is 6.17. The molecule has 1 radical (unpaired) electrons. The molecule has 0 aliphatic carbocycles. The van der Waals surface area contributed by atoms with E-state index in [1.807, 2.05) is 6.07 Å². The summed E-state index contributed by atoms with van der Waals surface area (Å²) in [7, 11) is 0. The number of nitrogens with zero attached hydrogens (tertiary/aromatic N) is 1. The average Bonchev–Trinajstić information content (AvgIpc) is 2.67. The molecule has 0 aliphatic rings. The van der Waals surface area contributed by atoms with Crippen LogP contribution in [0.25, 0.3) is 32.9 Å². The van der Waals surface area contributed by atoms with Crippen molar-refractivity contribution in [1.82, 2.24) is 4.98 Å². The van der Waals surface area contributed by atoms with Crippen molar-refractivity contribution >= 4 is 27.5 Å². The van der Waals surface area contributed by atoms with Crippen molar-refractivity contribution in [2.24, 2.45) is 0 Å². The molecule has 4 aromatic rings. The molecule has 1 aromatic heterocycles. The van der Waals surface area contributed by atoms with Gasteiger partial charge < -0.3 is 5.11 Å². The summed E-state index contributed by atoms with van der Waals surface area (Å²) in [5.74, 6) is 0.250. The maximum absolute atomic E-state index is 8.40. The third-order valence-corrected chi connectivity index (χ3v) is 4.26. The molecular weight excluding hydrogens is 538 g/mol. The van der Waals surface area contributed by atoms with Gasteiger partial charge in [-0.3, -0.25) is 9.78 Å². The summed E-state index contributed by atoms with van der Waals surface area (Å²) < 4.78 is 0. The first-order chi connectivity index (χ1) is 13.4. The number of aryl methyl sites for hydroxylation is 1. The van der Waals surface area contributed by atoms with Crippen molar-refractivity contribution in [1.29, 1.82) is 0 Å². The van der Waals surface area contributed by atoms with Gasteiger partial charge in [0.15, 0.2) is 0 Å². The number of benzene rings is 3. The Morgan fingerprint density at radius 1 is 0.966 bits per heavy atom. The Labute approximate surface area is 184 Å². The van der Waals surface area contributed by atoms with Crippen LogP contribution >= 0.6 is 0 Å². The second kappa shape index (κ2) is 10.1. The second-order valence-corrected chi connectivity index (χ2v) is 6.76. The van der Waals surface area contributed by atoms with E-state index in [0.29, 0.717) is 0 Å². The smallest absolute Gasteiger partial charge is 0.316 e. The van der Waals surface area contributed by atoms with Crippen LogP contribution in [0.4, 0.5) is 0 Å². The fourth-order valence-electron chi connectivity index (χ4n) is 3.00. The fourth-order valence-corrected chi connectivity index (χ4v) is 3.00. The van der Waals surface area contributed by atoms with Gasteiger partial charge in [-0.25, -0.2) is 0 Å². The molecule has 0 aliphatic heterocycles. The minimum Gasteiger partial charge on any atom is -0.512 e. The minimum absolute atomic E-state index is 0. The number of hydrogen-bond acceptors (Lipinski definition) is 2. The van der Waals surface area contributed by atoms with Gasteiger partial charge in [0.05, 0.1) is 24.3 Å². The fraction of sp³-hybridized carbons (Fsp3) is 0.120. The first-order valence-corrected chi connectivity index (χ1v) is 9.11. The number of pyridine rings is 1. The van der Waals surface area contributed by atoms with Gasteiger partial charge in [-0.15, -0.1) is 35.4 Å². The number of carbonyl (C=O) groups excluding carboxylic acids is 1. The van der Waals surface area contributed by atoms with E-state index in [1.165, 1.54) is 41.6 Å². The first-order valence-electron chi connectivity index (χ1n) is 9.11. The van der Waals surface area contributed by atoms with Crippen molar-refractivity contribution < 1.29 is 30.0 Å². The molecule has 3 nitrogen and oxygen atoms in total. The summed E-state index contributed by atoms with van der Waals surface area (Å²) in [6.07, 6.45) is 1.28. The molecule has 0 unspecified atom stereocenters. The molecule has 0 amide bonds. The van der Waals surface area contributed by atoms with E-state index < -0.39 is 0 Å². The van der Waals surface area contributed by atoms with Gasteiger partial charge in [0.25, 0.3) is 0 Å². The van der Waals surface area contributed by atoms with Crippen LogP contribution in [0, 0.1) is 13.0 Å². The number of fused-ring (bicyclic) bond motifs is 3. The average molecular weight is 562 g/mol. The maximum Gasteiger partial charge on any atom is 0.316 e. The second-order valence-electron chi connectivity index (χ2n) is 6.76. The molecule has 0 spiro atoms. The van der Waals surface area contributed by atoms with Crippen LogP contribution in [0.5, 0.6) is 0 Å². The van der Waals surface area contributed by atoms with Crippen LogP contribution in [0.3, 0.4) is 0 Å². The van der Waals surface area contributed by atoms with Crippen LogP contribution in [-0.2, 0) is 20.1 Å². The van der Waals surface area contributed by atoms with Crippen LogP contribution in [0.2, 0.25) is 0 Å². The molecular formula is C25H23IrNO2. The van der Waals surface area contributed by atoms with E-state index in [0.717, 1.165) is 16.8 Å². The van der Waals surface area contributed by atoms with E-state index in [-0.39, 0.29) is 31.6 Å². The SMILES string of the molecule is CC(=[OH+])/C=C(/C)O.Cc1c[c-]c(-c2ccc3c(ccc4ccccc43)n2)cc1.[Ir]. The summed E-state index contributed by atoms with van der Waals surface area (Å²) in [4.78, 5) is 13.2. The predicted molar refractivity (Wildman–Crippen MR) is 117 cm³/mol. The molecule has 0 saturated carbocycles. The van der Waals surface area contributed by atoms with Crippen molar-refractivity contribution in [3.8, 4) is 11.3 Å². The number of rotatable bonds is 2. The van der Waals surface area contributed by atoms with Gasteiger partial charge in [-0.2, -0.15) is 0 Å². The standard InChI is InChI=1S/C20H14N.C5H8O2.Ir/c1-14-6-8-16(9-7-14)19-13-11-18-17-5-3-2-4-15(17)10-12-20(18)21-19;1-4(6)3-5(2)7;/h2-8,10-13H,1H3;3,6H,1-2H3;/q-1;;/p+1/b;4-3-;. The topological polar surface area (TPSA) is 54.5 Å². The minimum atomic E-state index is 0. The molecule has 3 aromatic carbocycles. The number of hydrogen-bond donors (Lipinski definition) is 1. The molecule has 149 valence electrons. The quantitative estimate of drug-likeness (QED) is 0.105. The van der Waals surface area contributed by atoms with Crippen LogP contribution < -0.4 is 0 Å². The summed E-state index contributed by atoms with van der Waals surface area (Å²) in [5.41, 5.74) is 4.25. The molecule has 4 rings (SSSR count). The molecule has 0 fully saturated rings. The number of aromatic nitrogens is 1. The summed E-state index contributed by atoms with van der Waals surface area (Å²) in [6, 6.07) is 26.4. The largest absolute Gasteiger partial charge is 0.512 e. The zero-order valence-corrected chi connectivity index (χ0v) is 19.0. The Hall–Kier alpha value is -2.81. The van der Waals surface area contributed by atoms with E-state index in [4.69, 9.17) is 14.9 Å². The summed E-state index contributed by atoms with van der Waals surface area (Å²) in [6.45, 7) is 5.07.